The summed E-state index contributed by atoms with van der Waals surface area (Å²) in [5, 5.41) is 8.78. The molecule has 0 heterocycles. The number of rotatable bonds is 6. The van der Waals surface area contributed by atoms with Crippen LogP contribution in [0.25, 0.3) is 0 Å². The topological polar surface area (TPSA) is 49.8 Å². The fourth-order valence-electron chi connectivity index (χ4n) is 1.54. The first-order valence-corrected chi connectivity index (χ1v) is 6.10. The average molecular weight is 251 g/mol. The second-order valence-electron chi connectivity index (χ2n) is 4.75. The largest absolute Gasteiger partial charge is 0.492 e. The van der Waals surface area contributed by atoms with Crippen LogP contribution in [0.15, 0.2) is 24.3 Å². The van der Waals surface area contributed by atoms with E-state index in [4.69, 9.17) is 9.84 Å². The van der Waals surface area contributed by atoms with Gasteiger partial charge in [0.1, 0.15) is 12.4 Å². The van der Waals surface area contributed by atoms with Crippen LogP contribution in [0.5, 0.6) is 5.75 Å². The van der Waals surface area contributed by atoms with Crippen molar-refractivity contribution in [1.82, 2.24) is 4.90 Å². The summed E-state index contributed by atoms with van der Waals surface area (Å²) < 4.78 is 5.64. The van der Waals surface area contributed by atoms with E-state index < -0.39 is 5.97 Å². The van der Waals surface area contributed by atoms with Gasteiger partial charge in [0, 0.05) is 12.1 Å². The van der Waals surface area contributed by atoms with Gasteiger partial charge in [0.05, 0.1) is 5.56 Å². The van der Waals surface area contributed by atoms with Crippen molar-refractivity contribution in [3.8, 4) is 5.75 Å². The Morgan fingerprint density at radius 3 is 2.28 bits per heavy atom. The molecule has 0 aromatic heterocycles. The fourth-order valence-corrected chi connectivity index (χ4v) is 1.54. The standard InChI is InChI=1S/C14H21NO3/c1-10(2)15(4)11(3)9-18-13-7-5-12(6-8-13)14(16)17/h5-8,10-11H,9H2,1-4H3,(H,16,17)/t11-/m0/s1. The number of likely N-dealkylation sites (N-methyl/N-ethyl adjacent to an activating group) is 1. The van der Waals surface area contributed by atoms with E-state index in [1.165, 1.54) is 0 Å². The van der Waals surface area contributed by atoms with Gasteiger partial charge in [-0.2, -0.15) is 0 Å². The number of carboxylic acids is 1. The van der Waals surface area contributed by atoms with Gasteiger partial charge in [0.15, 0.2) is 0 Å². The third-order valence-corrected chi connectivity index (χ3v) is 3.10. The zero-order chi connectivity index (χ0) is 13.7. The molecule has 0 fully saturated rings. The van der Waals surface area contributed by atoms with Crippen molar-refractivity contribution < 1.29 is 14.6 Å². The number of aromatic carboxylic acids is 1. The first-order valence-electron chi connectivity index (χ1n) is 6.10. The zero-order valence-corrected chi connectivity index (χ0v) is 11.4. The summed E-state index contributed by atoms with van der Waals surface area (Å²) >= 11 is 0. The predicted molar refractivity (Wildman–Crippen MR) is 71.3 cm³/mol. The van der Waals surface area contributed by atoms with E-state index in [1.54, 1.807) is 24.3 Å². The Morgan fingerprint density at radius 1 is 1.28 bits per heavy atom. The molecule has 0 saturated carbocycles. The first-order chi connectivity index (χ1) is 8.41. The molecule has 100 valence electrons. The van der Waals surface area contributed by atoms with E-state index in [0.717, 1.165) is 0 Å². The third-order valence-electron chi connectivity index (χ3n) is 3.10. The number of benzene rings is 1. The Labute approximate surface area is 108 Å². The first kappa shape index (κ1) is 14.5. The molecule has 1 atom stereocenters. The molecule has 1 rings (SSSR count). The van der Waals surface area contributed by atoms with Gasteiger partial charge in [-0.3, -0.25) is 4.90 Å². The van der Waals surface area contributed by atoms with Crippen LogP contribution in [0.2, 0.25) is 0 Å². The predicted octanol–water partition coefficient (Wildman–Crippen LogP) is 2.49. The second-order valence-corrected chi connectivity index (χ2v) is 4.75. The van der Waals surface area contributed by atoms with E-state index in [1.807, 2.05) is 0 Å². The Morgan fingerprint density at radius 2 is 1.83 bits per heavy atom. The van der Waals surface area contributed by atoms with Gasteiger partial charge in [-0.05, 0) is 52.1 Å². The van der Waals surface area contributed by atoms with E-state index >= 15 is 0 Å². The second kappa shape index (κ2) is 6.40. The average Bonchev–Trinajstić information content (AvgIpc) is 2.35. The summed E-state index contributed by atoms with van der Waals surface area (Å²) in [5.74, 6) is -0.224. The molecule has 18 heavy (non-hydrogen) atoms. The summed E-state index contributed by atoms with van der Waals surface area (Å²) in [6, 6.07) is 7.25. The molecule has 1 aromatic carbocycles. The monoisotopic (exact) mass is 251 g/mol. The van der Waals surface area contributed by atoms with Crippen molar-refractivity contribution in [2.45, 2.75) is 32.9 Å². The maximum atomic E-state index is 10.7. The molecule has 0 aliphatic rings. The molecule has 0 bridgehead atoms. The van der Waals surface area contributed by atoms with Crippen LogP contribution < -0.4 is 4.74 Å². The zero-order valence-electron chi connectivity index (χ0n) is 11.4. The number of carbonyl (C=O) groups is 1. The van der Waals surface area contributed by atoms with Crippen molar-refractivity contribution in [3.05, 3.63) is 29.8 Å². The van der Waals surface area contributed by atoms with Crippen molar-refractivity contribution >= 4 is 5.97 Å². The highest BCUT2D eigenvalue weighted by molar-refractivity contribution is 5.87. The molecule has 0 aliphatic heterocycles. The number of hydrogen-bond donors (Lipinski definition) is 1. The van der Waals surface area contributed by atoms with Crippen molar-refractivity contribution in [3.63, 3.8) is 0 Å². The summed E-state index contributed by atoms with van der Waals surface area (Å²) in [7, 11) is 2.06. The number of ether oxygens (including phenoxy) is 1. The third kappa shape index (κ3) is 4.04. The number of carboxylic acid groups (broad SMARTS) is 1. The van der Waals surface area contributed by atoms with Gasteiger partial charge in [0.25, 0.3) is 0 Å². The Balaban J connectivity index is 2.51. The van der Waals surface area contributed by atoms with Crippen LogP contribution >= 0.6 is 0 Å². The highest BCUT2D eigenvalue weighted by Gasteiger charge is 2.12. The lowest BCUT2D eigenvalue weighted by Gasteiger charge is -2.28. The van der Waals surface area contributed by atoms with Crippen LogP contribution in [0, 0.1) is 0 Å². The van der Waals surface area contributed by atoms with Gasteiger partial charge in [-0.25, -0.2) is 4.79 Å². The maximum absolute atomic E-state index is 10.7. The smallest absolute Gasteiger partial charge is 0.335 e. The Bertz CT molecular complexity index is 387. The molecule has 1 aromatic rings. The normalized spacial score (nSPS) is 12.8. The van der Waals surface area contributed by atoms with Gasteiger partial charge >= 0.3 is 5.97 Å². The van der Waals surface area contributed by atoms with E-state index in [9.17, 15) is 4.79 Å². The van der Waals surface area contributed by atoms with E-state index in [2.05, 4.69) is 32.7 Å². The molecular weight excluding hydrogens is 230 g/mol. The summed E-state index contributed by atoms with van der Waals surface area (Å²) in [6.45, 7) is 6.96. The highest BCUT2D eigenvalue weighted by Crippen LogP contribution is 2.13. The summed E-state index contributed by atoms with van der Waals surface area (Å²) in [4.78, 5) is 12.9. The molecule has 0 amide bonds. The Hall–Kier alpha value is -1.55. The van der Waals surface area contributed by atoms with Crippen molar-refractivity contribution in [1.29, 1.82) is 0 Å². The quantitative estimate of drug-likeness (QED) is 0.844. The van der Waals surface area contributed by atoms with E-state index in [0.29, 0.717) is 24.4 Å². The molecule has 4 heteroatoms. The van der Waals surface area contributed by atoms with Gasteiger partial charge in [0.2, 0.25) is 0 Å². The minimum atomic E-state index is -0.922. The molecular formula is C14H21NO3. The molecule has 4 nitrogen and oxygen atoms in total. The van der Waals surface area contributed by atoms with Crippen LogP contribution in [-0.2, 0) is 0 Å². The van der Waals surface area contributed by atoms with Crippen molar-refractivity contribution in [2.24, 2.45) is 0 Å². The van der Waals surface area contributed by atoms with Crippen LogP contribution in [0.4, 0.5) is 0 Å². The van der Waals surface area contributed by atoms with Crippen molar-refractivity contribution in [2.75, 3.05) is 13.7 Å². The maximum Gasteiger partial charge on any atom is 0.335 e. The number of nitrogens with zero attached hydrogens (tertiary/aromatic N) is 1. The lowest BCUT2D eigenvalue weighted by molar-refractivity contribution is 0.0697. The highest BCUT2D eigenvalue weighted by atomic mass is 16.5. The Kier molecular flexibility index (Phi) is 5.16. The molecule has 0 radical (unpaired) electrons. The lowest BCUT2D eigenvalue weighted by Crippen LogP contribution is -2.38. The summed E-state index contributed by atoms with van der Waals surface area (Å²) in [6.07, 6.45) is 0. The molecule has 1 N–H and O–H groups in total. The summed E-state index contributed by atoms with van der Waals surface area (Å²) in [5.41, 5.74) is 0.273. The molecule has 0 aliphatic carbocycles. The fraction of sp³-hybridized carbons (Fsp3) is 0.500. The molecule has 0 spiro atoms. The lowest BCUT2D eigenvalue weighted by atomic mass is 10.2. The van der Waals surface area contributed by atoms with Gasteiger partial charge in [-0.1, -0.05) is 0 Å². The number of hydrogen-bond acceptors (Lipinski definition) is 3. The molecule has 0 unspecified atom stereocenters. The van der Waals surface area contributed by atoms with Crippen LogP contribution in [-0.4, -0.2) is 41.7 Å². The van der Waals surface area contributed by atoms with Gasteiger partial charge < -0.3 is 9.84 Å². The molecule has 0 saturated heterocycles. The van der Waals surface area contributed by atoms with Gasteiger partial charge in [-0.15, -0.1) is 0 Å². The van der Waals surface area contributed by atoms with Crippen LogP contribution in [0.3, 0.4) is 0 Å². The van der Waals surface area contributed by atoms with E-state index in [-0.39, 0.29) is 5.56 Å². The minimum absolute atomic E-state index is 0.273. The van der Waals surface area contributed by atoms with Crippen LogP contribution in [0.1, 0.15) is 31.1 Å². The SMILES string of the molecule is CC(C)N(C)[C@@H](C)COc1ccc(C(=O)O)cc1. The minimum Gasteiger partial charge on any atom is -0.492 e.